The van der Waals surface area contributed by atoms with Crippen LogP contribution in [0.4, 0.5) is 0 Å². The van der Waals surface area contributed by atoms with Crippen molar-refractivity contribution in [2.45, 2.75) is 41.9 Å². The zero-order valence-corrected chi connectivity index (χ0v) is 22.3. The second kappa shape index (κ2) is 13.1. The number of esters is 2. The zero-order valence-electron chi connectivity index (χ0n) is 22.3. The molecule has 1 aromatic rings. The standard InChI is InChI=1S/C30H28O13/c31-18-1-3-21(4-2-18)41-28-26(37)27(43-24(35)10-16-30(39)13-7-20(33)8-14-30)25(36)22(42-28)17-40-23(34)9-15-29(38)11-5-19(32)6-12-29/h1-16,22,25-28,31,36-39H,17H2/b15-9+,16-10+/t22-,25-,26-,27+,28-/m1/s1. The molecule has 0 saturated carbocycles. The van der Waals surface area contributed by atoms with E-state index < -0.39 is 60.5 Å². The lowest BCUT2D eigenvalue weighted by Crippen LogP contribution is -2.61. The van der Waals surface area contributed by atoms with E-state index in [1.165, 1.54) is 36.4 Å². The molecule has 5 N–H and O–H groups in total. The largest absolute Gasteiger partial charge is 0.508 e. The summed E-state index contributed by atoms with van der Waals surface area (Å²) in [4.78, 5) is 47.5. The predicted octanol–water partition coefficient (Wildman–Crippen LogP) is -0.363. The van der Waals surface area contributed by atoms with Crippen molar-refractivity contribution in [2.24, 2.45) is 0 Å². The van der Waals surface area contributed by atoms with Gasteiger partial charge in [0, 0.05) is 12.2 Å². The fraction of sp³-hybridized carbons (Fsp3) is 0.267. The van der Waals surface area contributed by atoms with E-state index in [1.807, 2.05) is 0 Å². The molecule has 3 aliphatic rings. The Kier molecular flexibility index (Phi) is 9.53. The van der Waals surface area contributed by atoms with Crippen LogP contribution in [-0.2, 0) is 33.4 Å². The number of carbonyl (C=O) groups is 4. The summed E-state index contributed by atoms with van der Waals surface area (Å²) in [6.45, 7) is -0.609. The van der Waals surface area contributed by atoms with Crippen LogP contribution in [0.25, 0.3) is 0 Å². The quantitative estimate of drug-likeness (QED) is 0.183. The highest BCUT2D eigenvalue weighted by Crippen LogP contribution is 2.28. The number of ether oxygens (including phenoxy) is 4. The molecule has 43 heavy (non-hydrogen) atoms. The molecule has 1 aliphatic heterocycles. The molecule has 1 aromatic carbocycles. The average molecular weight is 597 g/mol. The maximum atomic E-state index is 12.6. The molecule has 2 aliphatic carbocycles. The lowest BCUT2D eigenvalue weighted by Gasteiger charge is -2.41. The Balaban J connectivity index is 1.46. The Bertz CT molecular complexity index is 1380. The summed E-state index contributed by atoms with van der Waals surface area (Å²) < 4.78 is 21.6. The highest BCUT2D eigenvalue weighted by atomic mass is 16.7. The van der Waals surface area contributed by atoms with Gasteiger partial charge in [0.05, 0.1) is 0 Å². The van der Waals surface area contributed by atoms with Crippen LogP contribution in [0.5, 0.6) is 11.5 Å². The Morgan fingerprint density at radius 3 is 1.86 bits per heavy atom. The predicted molar refractivity (Wildman–Crippen MR) is 145 cm³/mol. The van der Waals surface area contributed by atoms with Crippen LogP contribution in [-0.4, -0.2) is 97.6 Å². The fourth-order valence-electron chi connectivity index (χ4n) is 4.03. The number of aromatic hydroxyl groups is 1. The average Bonchev–Trinajstić information content (AvgIpc) is 2.98. The van der Waals surface area contributed by atoms with Crippen LogP contribution in [0.15, 0.2) is 97.2 Å². The maximum Gasteiger partial charge on any atom is 0.331 e. The number of hydrogen-bond acceptors (Lipinski definition) is 13. The maximum absolute atomic E-state index is 12.6. The normalized spacial score (nSPS) is 27.5. The minimum absolute atomic E-state index is 0.0616. The summed E-state index contributed by atoms with van der Waals surface area (Å²) in [5.74, 6) is -2.66. The highest BCUT2D eigenvalue weighted by molar-refractivity contribution is 6.01. The molecule has 0 aromatic heterocycles. The summed E-state index contributed by atoms with van der Waals surface area (Å²) >= 11 is 0. The lowest BCUT2D eigenvalue weighted by atomic mass is 9.97. The molecule has 1 saturated heterocycles. The van der Waals surface area contributed by atoms with Crippen LogP contribution >= 0.6 is 0 Å². The SMILES string of the molecule is O=C1C=CC(O)(/C=C/C(=O)OC[C@H]2O[C@@H](Oc3ccc(O)cc3)[C@H](O)[C@@H](OC(=O)/C=C/C3(O)C=CC(=O)C=C3)[C@@H]2O)C=C1. The smallest absolute Gasteiger partial charge is 0.331 e. The van der Waals surface area contributed by atoms with Crippen molar-refractivity contribution in [3.05, 3.63) is 97.2 Å². The Labute approximate surface area is 244 Å². The van der Waals surface area contributed by atoms with Crippen molar-refractivity contribution in [2.75, 3.05) is 6.61 Å². The molecule has 0 amide bonds. The van der Waals surface area contributed by atoms with Crippen molar-refractivity contribution >= 4 is 23.5 Å². The number of benzene rings is 1. The van der Waals surface area contributed by atoms with Gasteiger partial charge in [0.15, 0.2) is 23.8 Å². The van der Waals surface area contributed by atoms with E-state index >= 15 is 0 Å². The summed E-state index contributed by atoms with van der Waals surface area (Å²) in [5.41, 5.74) is -3.44. The third-order valence-corrected chi connectivity index (χ3v) is 6.40. The van der Waals surface area contributed by atoms with Gasteiger partial charge >= 0.3 is 11.9 Å². The van der Waals surface area contributed by atoms with Crippen LogP contribution in [0, 0.1) is 0 Å². The molecule has 0 unspecified atom stereocenters. The van der Waals surface area contributed by atoms with Gasteiger partial charge in [-0.3, -0.25) is 9.59 Å². The summed E-state index contributed by atoms with van der Waals surface area (Å²) in [6.07, 6.45) is 4.85. The molecule has 13 heteroatoms. The Morgan fingerprint density at radius 1 is 0.814 bits per heavy atom. The molecule has 226 valence electrons. The molecule has 13 nitrogen and oxygen atoms in total. The third-order valence-electron chi connectivity index (χ3n) is 6.40. The van der Waals surface area contributed by atoms with Crippen LogP contribution in [0.2, 0.25) is 0 Å². The number of aliphatic hydroxyl groups is 4. The van der Waals surface area contributed by atoms with E-state index in [0.717, 1.165) is 60.8 Å². The van der Waals surface area contributed by atoms with E-state index in [0.29, 0.717) is 0 Å². The number of hydrogen-bond donors (Lipinski definition) is 5. The van der Waals surface area contributed by atoms with Gasteiger partial charge in [-0.1, -0.05) is 0 Å². The number of phenols is 1. The number of rotatable bonds is 9. The number of ketones is 2. The number of aliphatic hydroxyl groups excluding tert-OH is 2. The van der Waals surface area contributed by atoms with Crippen LogP contribution < -0.4 is 4.74 Å². The minimum atomic E-state index is -1.76. The van der Waals surface area contributed by atoms with E-state index in [-0.39, 0.29) is 23.1 Å². The first-order valence-electron chi connectivity index (χ1n) is 12.9. The second-order valence-corrected chi connectivity index (χ2v) is 9.75. The van der Waals surface area contributed by atoms with Gasteiger partial charge in [0.1, 0.15) is 41.5 Å². The summed E-state index contributed by atoms with van der Waals surface area (Å²) in [6, 6.07) is 5.34. The van der Waals surface area contributed by atoms with Crippen molar-refractivity contribution in [3.63, 3.8) is 0 Å². The van der Waals surface area contributed by atoms with E-state index in [2.05, 4.69) is 0 Å². The topological polar surface area (TPSA) is 206 Å². The summed E-state index contributed by atoms with van der Waals surface area (Å²) in [7, 11) is 0. The second-order valence-electron chi connectivity index (χ2n) is 9.75. The molecule has 0 bridgehead atoms. The molecule has 0 radical (unpaired) electrons. The van der Waals surface area contributed by atoms with Crippen LogP contribution in [0.3, 0.4) is 0 Å². The van der Waals surface area contributed by atoms with Crippen LogP contribution in [0.1, 0.15) is 0 Å². The van der Waals surface area contributed by atoms with Gasteiger partial charge in [-0.25, -0.2) is 9.59 Å². The highest BCUT2D eigenvalue weighted by Gasteiger charge is 2.48. The van der Waals surface area contributed by atoms with Gasteiger partial charge in [-0.15, -0.1) is 0 Å². The van der Waals surface area contributed by atoms with E-state index in [9.17, 15) is 44.7 Å². The summed E-state index contributed by atoms with van der Waals surface area (Å²) in [5, 5.41) is 52.1. The number of phenolic OH excluding ortho intramolecular Hbond substituents is 1. The van der Waals surface area contributed by atoms with Gasteiger partial charge in [-0.2, -0.15) is 0 Å². The first-order chi connectivity index (χ1) is 20.3. The molecular weight excluding hydrogens is 568 g/mol. The first kappa shape index (κ1) is 31.3. The first-order valence-corrected chi connectivity index (χ1v) is 12.9. The molecule has 1 heterocycles. The van der Waals surface area contributed by atoms with Crippen molar-refractivity contribution in [1.29, 1.82) is 0 Å². The van der Waals surface area contributed by atoms with Crippen molar-refractivity contribution < 1.29 is 63.7 Å². The van der Waals surface area contributed by atoms with Gasteiger partial charge in [0.25, 0.3) is 0 Å². The third kappa shape index (κ3) is 8.44. The van der Waals surface area contributed by atoms with Gasteiger partial charge in [-0.05, 0) is 85.0 Å². The van der Waals surface area contributed by atoms with Crippen molar-refractivity contribution in [1.82, 2.24) is 0 Å². The Morgan fingerprint density at radius 2 is 1.33 bits per heavy atom. The molecule has 0 spiro atoms. The fourth-order valence-corrected chi connectivity index (χ4v) is 4.03. The number of allylic oxidation sites excluding steroid dienone is 4. The van der Waals surface area contributed by atoms with Gasteiger partial charge in [0.2, 0.25) is 6.29 Å². The lowest BCUT2D eigenvalue weighted by molar-refractivity contribution is -0.281. The molecular formula is C30H28O13. The molecule has 5 atom stereocenters. The van der Waals surface area contributed by atoms with E-state index in [1.54, 1.807) is 0 Å². The Hall–Kier alpha value is -4.66. The van der Waals surface area contributed by atoms with E-state index in [4.69, 9.17) is 18.9 Å². The minimum Gasteiger partial charge on any atom is -0.508 e. The molecule has 4 rings (SSSR count). The van der Waals surface area contributed by atoms with Crippen molar-refractivity contribution in [3.8, 4) is 11.5 Å². The molecule has 1 fully saturated rings. The zero-order chi connectivity index (χ0) is 31.2. The van der Waals surface area contributed by atoms with Gasteiger partial charge < -0.3 is 44.5 Å². The number of carbonyl (C=O) groups excluding carboxylic acids is 4. The monoisotopic (exact) mass is 596 g/mol.